The van der Waals surface area contributed by atoms with Gasteiger partial charge in [-0.15, -0.1) is 11.3 Å². The van der Waals surface area contributed by atoms with Crippen molar-refractivity contribution in [2.45, 2.75) is 19.4 Å². The van der Waals surface area contributed by atoms with Gasteiger partial charge in [-0.1, -0.05) is 6.07 Å². The zero-order valence-corrected chi connectivity index (χ0v) is 14.6. The lowest BCUT2D eigenvalue weighted by atomic mass is 10.1. The van der Waals surface area contributed by atoms with Crippen molar-refractivity contribution >= 4 is 22.4 Å². The van der Waals surface area contributed by atoms with Crippen molar-refractivity contribution in [3.8, 4) is 11.5 Å². The maximum absolute atomic E-state index is 12.0. The second-order valence-corrected chi connectivity index (χ2v) is 6.59. The fraction of sp³-hybridized carbons (Fsp3) is 0.412. The van der Waals surface area contributed by atoms with Gasteiger partial charge in [0.15, 0.2) is 16.6 Å². The predicted molar refractivity (Wildman–Crippen MR) is 93.8 cm³/mol. The fourth-order valence-electron chi connectivity index (χ4n) is 2.51. The number of hydrogen-bond acceptors (Lipinski definition) is 6. The van der Waals surface area contributed by atoms with Gasteiger partial charge in [-0.3, -0.25) is 9.69 Å². The zero-order valence-electron chi connectivity index (χ0n) is 13.8. The number of anilines is 1. The summed E-state index contributed by atoms with van der Waals surface area (Å²) in [6.45, 7) is 3.95. The third kappa shape index (κ3) is 4.04. The number of amides is 1. The number of thiazole rings is 1. The second kappa shape index (κ2) is 7.63. The van der Waals surface area contributed by atoms with Gasteiger partial charge in [-0.25, -0.2) is 4.98 Å². The lowest BCUT2D eigenvalue weighted by Crippen LogP contribution is -2.27. The number of benzene rings is 1. The molecule has 0 spiro atoms. The van der Waals surface area contributed by atoms with Crippen LogP contribution in [0.2, 0.25) is 0 Å². The van der Waals surface area contributed by atoms with Crippen molar-refractivity contribution in [2.24, 2.45) is 0 Å². The first-order valence-corrected chi connectivity index (χ1v) is 8.80. The molecule has 1 aliphatic rings. The molecule has 2 aromatic rings. The van der Waals surface area contributed by atoms with Gasteiger partial charge in [0.1, 0.15) is 13.2 Å². The maximum Gasteiger partial charge on any atom is 0.227 e. The number of fused-ring (bicyclic) bond motifs is 1. The molecule has 1 aromatic heterocycles. The standard InChI is InChI=1S/C17H21N3O3S/c1-12(13-3-4-14-15(11-13)23-9-8-22-14)20(2)7-5-16(21)19-17-18-6-10-24-17/h3-4,6,10-12H,5,7-9H2,1-2H3,(H,18,19,21)/t12-/m0/s1. The van der Waals surface area contributed by atoms with Crippen LogP contribution in [0.15, 0.2) is 29.8 Å². The van der Waals surface area contributed by atoms with Crippen LogP contribution in [-0.4, -0.2) is 42.6 Å². The van der Waals surface area contributed by atoms with E-state index in [0.717, 1.165) is 17.1 Å². The Kier molecular flexibility index (Phi) is 5.32. The number of nitrogens with one attached hydrogen (secondary N) is 1. The van der Waals surface area contributed by atoms with Crippen molar-refractivity contribution in [1.82, 2.24) is 9.88 Å². The Morgan fingerprint density at radius 1 is 1.38 bits per heavy atom. The average molecular weight is 347 g/mol. The third-order valence-electron chi connectivity index (χ3n) is 4.08. The van der Waals surface area contributed by atoms with Crippen LogP contribution >= 0.6 is 11.3 Å². The quantitative estimate of drug-likeness (QED) is 0.870. The zero-order chi connectivity index (χ0) is 16.9. The smallest absolute Gasteiger partial charge is 0.227 e. The molecule has 1 amide bonds. The number of carbonyl (C=O) groups is 1. The molecule has 3 rings (SSSR count). The van der Waals surface area contributed by atoms with Gasteiger partial charge in [0.05, 0.1) is 0 Å². The van der Waals surface area contributed by atoms with Crippen LogP contribution in [0.4, 0.5) is 5.13 Å². The monoisotopic (exact) mass is 347 g/mol. The minimum atomic E-state index is -0.0221. The van der Waals surface area contributed by atoms with E-state index in [4.69, 9.17) is 9.47 Å². The molecule has 0 bridgehead atoms. The van der Waals surface area contributed by atoms with Crippen molar-refractivity contribution in [2.75, 3.05) is 32.1 Å². The first-order valence-electron chi connectivity index (χ1n) is 7.92. The molecule has 0 saturated carbocycles. The number of rotatable bonds is 6. The molecule has 0 saturated heterocycles. The van der Waals surface area contributed by atoms with Gasteiger partial charge in [0, 0.05) is 30.6 Å². The van der Waals surface area contributed by atoms with E-state index in [9.17, 15) is 4.79 Å². The molecule has 6 nitrogen and oxygen atoms in total. The van der Waals surface area contributed by atoms with Gasteiger partial charge in [0.2, 0.25) is 5.91 Å². The highest BCUT2D eigenvalue weighted by atomic mass is 32.1. The molecule has 24 heavy (non-hydrogen) atoms. The highest BCUT2D eigenvalue weighted by Gasteiger charge is 2.17. The molecule has 128 valence electrons. The summed E-state index contributed by atoms with van der Waals surface area (Å²) in [5.41, 5.74) is 1.14. The van der Waals surface area contributed by atoms with E-state index in [-0.39, 0.29) is 11.9 Å². The van der Waals surface area contributed by atoms with Crippen LogP contribution in [0, 0.1) is 0 Å². The lowest BCUT2D eigenvalue weighted by Gasteiger charge is -2.26. The molecule has 0 unspecified atom stereocenters. The molecule has 1 aromatic carbocycles. The first-order chi connectivity index (χ1) is 11.6. The second-order valence-electron chi connectivity index (χ2n) is 5.70. The highest BCUT2D eigenvalue weighted by molar-refractivity contribution is 7.13. The number of aromatic nitrogens is 1. The Hall–Kier alpha value is -2.12. The summed E-state index contributed by atoms with van der Waals surface area (Å²) in [6.07, 6.45) is 2.10. The molecule has 1 atom stereocenters. The SMILES string of the molecule is C[C@@H](c1ccc2c(c1)OCCO2)N(C)CCC(=O)Nc1nccs1. The minimum absolute atomic E-state index is 0.0221. The van der Waals surface area contributed by atoms with E-state index >= 15 is 0 Å². The summed E-state index contributed by atoms with van der Waals surface area (Å²) in [4.78, 5) is 18.2. The Labute approximate surface area is 145 Å². The molecule has 1 aliphatic heterocycles. The van der Waals surface area contributed by atoms with E-state index in [0.29, 0.717) is 31.3 Å². The summed E-state index contributed by atoms with van der Waals surface area (Å²) in [5, 5.41) is 5.28. The van der Waals surface area contributed by atoms with Gasteiger partial charge in [-0.05, 0) is 31.7 Å². The molecule has 1 N–H and O–H groups in total. The van der Waals surface area contributed by atoms with Gasteiger partial charge >= 0.3 is 0 Å². The normalized spacial score (nSPS) is 14.5. The third-order valence-corrected chi connectivity index (χ3v) is 4.77. The summed E-state index contributed by atoms with van der Waals surface area (Å²) in [7, 11) is 2.01. The molecule has 7 heteroatoms. The van der Waals surface area contributed by atoms with Crippen LogP contribution in [0.3, 0.4) is 0 Å². The number of nitrogens with zero attached hydrogens (tertiary/aromatic N) is 2. The van der Waals surface area contributed by atoms with Gasteiger partial charge < -0.3 is 14.8 Å². The Balaban J connectivity index is 1.54. The summed E-state index contributed by atoms with van der Waals surface area (Å²) in [5.74, 6) is 1.56. The van der Waals surface area contributed by atoms with Crippen LogP contribution in [0.1, 0.15) is 24.9 Å². The van der Waals surface area contributed by atoms with E-state index in [1.54, 1.807) is 6.20 Å². The van der Waals surface area contributed by atoms with Crippen molar-refractivity contribution < 1.29 is 14.3 Å². The van der Waals surface area contributed by atoms with Crippen molar-refractivity contribution in [3.63, 3.8) is 0 Å². The largest absolute Gasteiger partial charge is 0.486 e. The predicted octanol–water partition coefficient (Wildman–Crippen LogP) is 2.94. The van der Waals surface area contributed by atoms with Gasteiger partial charge in [0.25, 0.3) is 0 Å². The molecular weight excluding hydrogens is 326 g/mol. The fourth-order valence-corrected chi connectivity index (χ4v) is 3.06. The molecule has 0 aliphatic carbocycles. The average Bonchev–Trinajstić information content (AvgIpc) is 3.11. The molecule has 0 radical (unpaired) electrons. The molecule has 2 heterocycles. The van der Waals surface area contributed by atoms with Crippen LogP contribution in [-0.2, 0) is 4.79 Å². The van der Waals surface area contributed by atoms with Crippen molar-refractivity contribution in [3.05, 3.63) is 35.3 Å². The summed E-state index contributed by atoms with van der Waals surface area (Å²) >= 11 is 1.42. The van der Waals surface area contributed by atoms with E-state index < -0.39 is 0 Å². The van der Waals surface area contributed by atoms with E-state index in [1.807, 2.05) is 30.6 Å². The number of ether oxygens (including phenoxy) is 2. The number of carbonyl (C=O) groups excluding carboxylic acids is 1. The van der Waals surface area contributed by atoms with Crippen LogP contribution in [0.5, 0.6) is 11.5 Å². The van der Waals surface area contributed by atoms with Crippen LogP contribution in [0.25, 0.3) is 0 Å². The topological polar surface area (TPSA) is 63.7 Å². The summed E-state index contributed by atoms with van der Waals surface area (Å²) < 4.78 is 11.2. The van der Waals surface area contributed by atoms with Gasteiger partial charge in [-0.2, -0.15) is 0 Å². The molecular formula is C17H21N3O3S. The number of hydrogen-bond donors (Lipinski definition) is 1. The Morgan fingerprint density at radius 3 is 2.92 bits per heavy atom. The summed E-state index contributed by atoms with van der Waals surface area (Å²) in [6, 6.07) is 6.19. The highest BCUT2D eigenvalue weighted by Crippen LogP contribution is 2.33. The Bertz CT molecular complexity index is 690. The molecule has 0 fully saturated rings. The van der Waals surface area contributed by atoms with E-state index in [1.165, 1.54) is 11.3 Å². The first kappa shape index (κ1) is 16.7. The van der Waals surface area contributed by atoms with Crippen molar-refractivity contribution in [1.29, 1.82) is 0 Å². The maximum atomic E-state index is 12.0. The Morgan fingerprint density at radius 2 is 2.17 bits per heavy atom. The minimum Gasteiger partial charge on any atom is -0.486 e. The lowest BCUT2D eigenvalue weighted by molar-refractivity contribution is -0.116. The van der Waals surface area contributed by atoms with Crippen LogP contribution < -0.4 is 14.8 Å². The van der Waals surface area contributed by atoms with E-state index in [2.05, 4.69) is 22.1 Å².